The largest absolute Gasteiger partial charge is 0.505 e. The number of carboxylic acid groups (broad SMARTS) is 1. The van der Waals surface area contributed by atoms with Crippen LogP contribution in [0.5, 0.6) is 5.75 Å². The number of hydrogen-bond donors (Lipinski definition) is 3. The fourth-order valence-corrected chi connectivity index (χ4v) is 2.82. The Labute approximate surface area is 164 Å². The normalized spacial score (nSPS) is 11.6. The highest BCUT2D eigenvalue weighted by Gasteiger charge is 2.24. The molecule has 29 heavy (non-hydrogen) atoms. The molecule has 146 valence electrons. The van der Waals surface area contributed by atoms with Gasteiger partial charge in [-0.1, -0.05) is 30.3 Å². The Bertz CT molecular complexity index is 1210. The van der Waals surface area contributed by atoms with Crippen LogP contribution in [0.25, 0.3) is 10.8 Å². The molecule has 3 aromatic rings. The number of benzene rings is 1. The Hall–Kier alpha value is -4.19. The highest BCUT2D eigenvalue weighted by atomic mass is 16.4. The number of nitrogens with one attached hydrogen (secondary N) is 1. The molecule has 9 heteroatoms. The number of nitriles is 1. The molecule has 9 nitrogen and oxygen atoms in total. The number of hydrogen-bond acceptors (Lipinski definition) is 6. The Morgan fingerprint density at radius 3 is 2.59 bits per heavy atom. The molecule has 1 unspecified atom stereocenters. The van der Waals surface area contributed by atoms with Gasteiger partial charge in [-0.15, -0.1) is 0 Å². The van der Waals surface area contributed by atoms with Gasteiger partial charge in [-0.25, -0.2) is 4.98 Å². The SMILES string of the molecule is CC(NC(=O)c1nc(C#N)c2c(=O)n(Cc3ccccc3)ccc2c1O)C(=O)O. The third kappa shape index (κ3) is 3.77. The van der Waals surface area contributed by atoms with E-state index in [-0.39, 0.29) is 23.0 Å². The minimum absolute atomic E-state index is 0.0148. The lowest BCUT2D eigenvalue weighted by Crippen LogP contribution is -2.38. The maximum atomic E-state index is 12.9. The summed E-state index contributed by atoms with van der Waals surface area (Å²) in [7, 11) is 0. The number of aromatic hydroxyl groups is 1. The summed E-state index contributed by atoms with van der Waals surface area (Å²) in [4.78, 5) is 39.9. The first-order chi connectivity index (χ1) is 13.8. The number of pyridine rings is 2. The van der Waals surface area contributed by atoms with Crippen molar-refractivity contribution in [1.29, 1.82) is 5.26 Å². The van der Waals surface area contributed by atoms with E-state index >= 15 is 0 Å². The van der Waals surface area contributed by atoms with Crippen LogP contribution in [-0.4, -0.2) is 37.7 Å². The zero-order valence-electron chi connectivity index (χ0n) is 15.3. The van der Waals surface area contributed by atoms with Gasteiger partial charge in [-0.2, -0.15) is 5.26 Å². The molecule has 1 aromatic carbocycles. The molecule has 0 fully saturated rings. The first-order valence-corrected chi connectivity index (χ1v) is 8.57. The summed E-state index contributed by atoms with van der Waals surface area (Å²) >= 11 is 0. The number of aliphatic carboxylic acids is 1. The predicted octanol–water partition coefficient (Wildman–Crippen LogP) is 1.22. The van der Waals surface area contributed by atoms with Crippen LogP contribution in [0.2, 0.25) is 0 Å². The second-order valence-electron chi connectivity index (χ2n) is 6.33. The minimum atomic E-state index is -1.28. The lowest BCUT2D eigenvalue weighted by molar-refractivity contribution is -0.138. The van der Waals surface area contributed by atoms with Gasteiger partial charge in [0.15, 0.2) is 17.1 Å². The van der Waals surface area contributed by atoms with E-state index < -0.39 is 34.9 Å². The number of carboxylic acids is 1. The number of fused-ring (bicyclic) bond motifs is 1. The average Bonchev–Trinajstić information content (AvgIpc) is 2.71. The third-order valence-electron chi connectivity index (χ3n) is 4.34. The van der Waals surface area contributed by atoms with Gasteiger partial charge in [-0.3, -0.25) is 14.4 Å². The molecule has 0 aliphatic carbocycles. The van der Waals surface area contributed by atoms with E-state index in [1.165, 1.54) is 23.8 Å². The van der Waals surface area contributed by atoms with Gasteiger partial charge in [0.2, 0.25) is 0 Å². The van der Waals surface area contributed by atoms with Crippen LogP contribution in [0.3, 0.4) is 0 Å². The first-order valence-electron chi connectivity index (χ1n) is 8.57. The van der Waals surface area contributed by atoms with Crippen molar-refractivity contribution in [2.24, 2.45) is 0 Å². The summed E-state index contributed by atoms with van der Waals surface area (Å²) in [5.74, 6) is -2.84. The van der Waals surface area contributed by atoms with Crippen LogP contribution in [0, 0.1) is 11.3 Å². The van der Waals surface area contributed by atoms with Crippen molar-refractivity contribution >= 4 is 22.6 Å². The van der Waals surface area contributed by atoms with Crippen LogP contribution in [0.1, 0.15) is 28.7 Å². The van der Waals surface area contributed by atoms with Crippen molar-refractivity contribution in [2.45, 2.75) is 19.5 Å². The molecule has 0 radical (unpaired) electrons. The molecule has 1 amide bonds. The fraction of sp³-hybridized carbons (Fsp3) is 0.150. The molecule has 0 bridgehead atoms. The zero-order chi connectivity index (χ0) is 21.1. The van der Waals surface area contributed by atoms with Crippen molar-refractivity contribution in [3.8, 4) is 11.8 Å². The quantitative estimate of drug-likeness (QED) is 0.592. The van der Waals surface area contributed by atoms with E-state index in [9.17, 15) is 24.8 Å². The molecule has 0 aliphatic heterocycles. The molecule has 0 saturated carbocycles. The summed E-state index contributed by atoms with van der Waals surface area (Å²) in [5, 5.41) is 30.8. The highest BCUT2D eigenvalue weighted by molar-refractivity contribution is 6.03. The third-order valence-corrected chi connectivity index (χ3v) is 4.34. The Balaban J connectivity index is 2.12. The number of aromatic nitrogens is 2. The first kappa shape index (κ1) is 19.6. The molecule has 0 spiro atoms. The second-order valence-corrected chi connectivity index (χ2v) is 6.33. The highest BCUT2D eigenvalue weighted by Crippen LogP contribution is 2.27. The van der Waals surface area contributed by atoms with Crippen molar-refractivity contribution < 1.29 is 19.8 Å². The molecular formula is C20H16N4O5. The van der Waals surface area contributed by atoms with Crippen LogP contribution in [0.4, 0.5) is 0 Å². The Morgan fingerprint density at radius 2 is 1.97 bits per heavy atom. The molecule has 0 aliphatic rings. The van der Waals surface area contributed by atoms with Crippen LogP contribution in [-0.2, 0) is 11.3 Å². The molecule has 2 heterocycles. The number of amides is 1. The van der Waals surface area contributed by atoms with Crippen LogP contribution < -0.4 is 10.9 Å². The maximum Gasteiger partial charge on any atom is 0.325 e. The number of nitrogens with zero attached hydrogens (tertiary/aromatic N) is 3. The molecule has 0 saturated heterocycles. The Kier molecular flexibility index (Phi) is 5.27. The standard InChI is InChI=1S/C20H16N4O5/c1-11(20(28)29)22-18(26)16-17(25)13-7-8-24(10-12-5-3-2-4-6-12)19(27)15(13)14(9-21)23-16/h2-8,11,25H,10H2,1H3,(H,22,26)(H,28,29). The lowest BCUT2D eigenvalue weighted by atomic mass is 10.1. The van der Waals surface area contributed by atoms with Crippen LogP contribution >= 0.6 is 0 Å². The number of rotatable bonds is 5. The summed E-state index contributed by atoms with van der Waals surface area (Å²) in [5.41, 5.74) is -0.541. The van der Waals surface area contributed by atoms with Gasteiger partial charge in [-0.05, 0) is 18.6 Å². The summed E-state index contributed by atoms with van der Waals surface area (Å²) in [6.45, 7) is 1.49. The van der Waals surface area contributed by atoms with Gasteiger partial charge in [0.25, 0.3) is 11.5 Å². The van der Waals surface area contributed by atoms with E-state index in [1.807, 2.05) is 30.3 Å². The predicted molar refractivity (Wildman–Crippen MR) is 102 cm³/mol. The second kappa shape index (κ2) is 7.82. The lowest BCUT2D eigenvalue weighted by Gasteiger charge is -2.13. The van der Waals surface area contributed by atoms with Gasteiger partial charge < -0.3 is 20.1 Å². The van der Waals surface area contributed by atoms with Crippen LogP contribution in [0.15, 0.2) is 47.4 Å². The van der Waals surface area contributed by atoms with Crippen molar-refractivity contribution in [3.63, 3.8) is 0 Å². The number of carbonyl (C=O) groups excluding carboxylic acids is 1. The van der Waals surface area contributed by atoms with Gasteiger partial charge in [0.05, 0.1) is 11.9 Å². The minimum Gasteiger partial charge on any atom is -0.505 e. The molecule has 2 aromatic heterocycles. The maximum absolute atomic E-state index is 12.9. The molecular weight excluding hydrogens is 376 g/mol. The van der Waals surface area contributed by atoms with Gasteiger partial charge in [0.1, 0.15) is 12.1 Å². The van der Waals surface area contributed by atoms with Gasteiger partial charge in [0, 0.05) is 11.6 Å². The van der Waals surface area contributed by atoms with Crippen molar-refractivity contribution in [3.05, 3.63) is 69.9 Å². The topological polar surface area (TPSA) is 145 Å². The fourth-order valence-electron chi connectivity index (χ4n) is 2.82. The summed E-state index contributed by atoms with van der Waals surface area (Å²) in [6.07, 6.45) is 1.44. The summed E-state index contributed by atoms with van der Waals surface area (Å²) < 4.78 is 1.37. The molecule has 1 atom stereocenters. The van der Waals surface area contributed by atoms with Crippen molar-refractivity contribution in [2.75, 3.05) is 0 Å². The average molecular weight is 392 g/mol. The van der Waals surface area contributed by atoms with E-state index in [4.69, 9.17) is 5.11 Å². The van der Waals surface area contributed by atoms with E-state index in [0.29, 0.717) is 0 Å². The van der Waals surface area contributed by atoms with Gasteiger partial charge >= 0.3 is 5.97 Å². The summed E-state index contributed by atoms with van der Waals surface area (Å²) in [6, 6.07) is 11.1. The van der Waals surface area contributed by atoms with E-state index in [1.54, 1.807) is 6.07 Å². The van der Waals surface area contributed by atoms with E-state index in [2.05, 4.69) is 10.3 Å². The molecule has 3 N–H and O–H groups in total. The van der Waals surface area contributed by atoms with E-state index in [0.717, 1.165) is 5.56 Å². The zero-order valence-corrected chi connectivity index (χ0v) is 15.3. The van der Waals surface area contributed by atoms with Crippen molar-refractivity contribution in [1.82, 2.24) is 14.9 Å². The molecule has 3 rings (SSSR count). The Morgan fingerprint density at radius 1 is 1.28 bits per heavy atom. The monoisotopic (exact) mass is 392 g/mol. The number of carbonyl (C=O) groups is 2. The smallest absolute Gasteiger partial charge is 0.325 e.